The summed E-state index contributed by atoms with van der Waals surface area (Å²) >= 11 is 0. The quantitative estimate of drug-likeness (QED) is 0.874. The fourth-order valence-electron chi connectivity index (χ4n) is 3.35. The highest BCUT2D eigenvalue weighted by Crippen LogP contribution is 2.27. The molecule has 0 spiro atoms. The Morgan fingerprint density at radius 3 is 2.57 bits per heavy atom. The molecule has 2 N–H and O–H groups in total. The van der Waals surface area contributed by atoms with Crippen LogP contribution >= 0.6 is 0 Å². The molecule has 1 aliphatic carbocycles. The number of aryl methyl sites for hydroxylation is 2. The minimum Gasteiger partial charge on any atom is -0.396 e. The molecule has 1 aliphatic rings. The monoisotopic (exact) mass is 294 g/mol. The molecular weight excluding hydrogens is 268 g/mol. The summed E-state index contributed by atoms with van der Waals surface area (Å²) in [5.74, 6) is 1.43. The standard InChI is InChI=1S/C16H26N2O3/c1-10(16-11(2)18-21-12(16)3)8-15(20)17-14-6-4-13(9-19)5-7-14/h10,13-14,19H,4-9H2,1-3H3,(H,17,20). The van der Waals surface area contributed by atoms with Crippen molar-refractivity contribution in [3.05, 3.63) is 17.0 Å². The Morgan fingerprint density at radius 2 is 2.05 bits per heavy atom. The van der Waals surface area contributed by atoms with Gasteiger partial charge < -0.3 is 14.9 Å². The number of nitrogens with zero attached hydrogens (tertiary/aromatic N) is 1. The summed E-state index contributed by atoms with van der Waals surface area (Å²) < 4.78 is 5.17. The highest BCUT2D eigenvalue weighted by molar-refractivity contribution is 5.77. The van der Waals surface area contributed by atoms with Crippen molar-refractivity contribution < 1.29 is 14.4 Å². The van der Waals surface area contributed by atoms with Gasteiger partial charge in [0.2, 0.25) is 5.91 Å². The Morgan fingerprint density at radius 1 is 1.38 bits per heavy atom. The predicted octanol–water partition coefficient (Wildman–Crippen LogP) is 2.45. The molecule has 118 valence electrons. The molecule has 0 saturated heterocycles. The van der Waals surface area contributed by atoms with E-state index >= 15 is 0 Å². The Kier molecular flexibility index (Phi) is 5.39. The Balaban J connectivity index is 1.82. The van der Waals surface area contributed by atoms with Crippen LogP contribution in [-0.2, 0) is 4.79 Å². The van der Waals surface area contributed by atoms with Gasteiger partial charge in [0, 0.05) is 24.6 Å². The molecule has 1 unspecified atom stereocenters. The van der Waals surface area contributed by atoms with Crippen LogP contribution in [0.3, 0.4) is 0 Å². The van der Waals surface area contributed by atoms with E-state index in [0.717, 1.165) is 42.7 Å². The number of hydrogen-bond donors (Lipinski definition) is 2. The average Bonchev–Trinajstić information content (AvgIpc) is 2.78. The highest BCUT2D eigenvalue weighted by atomic mass is 16.5. The summed E-state index contributed by atoms with van der Waals surface area (Å²) in [6.45, 7) is 6.11. The van der Waals surface area contributed by atoms with E-state index in [-0.39, 0.29) is 24.5 Å². The molecule has 0 aromatic carbocycles. The van der Waals surface area contributed by atoms with Crippen molar-refractivity contribution >= 4 is 5.91 Å². The van der Waals surface area contributed by atoms with Crippen LogP contribution in [0.1, 0.15) is 62.0 Å². The molecule has 0 radical (unpaired) electrons. The van der Waals surface area contributed by atoms with Gasteiger partial charge in [-0.25, -0.2) is 0 Å². The number of amides is 1. The van der Waals surface area contributed by atoms with E-state index < -0.39 is 0 Å². The zero-order valence-corrected chi connectivity index (χ0v) is 13.2. The molecule has 2 rings (SSSR count). The summed E-state index contributed by atoms with van der Waals surface area (Å²) in [6, 6.07) is 0.261. The lowest BCUT2D eigenvalue weighted by atomic mass is 9.86. The van der Waals surface area contributed by atoms with E-state index in [1.165, 1.54) is 0 Å². The van der Waals surface area contributed by atoms with Crippen molar-refractivity contribution in [2.75, 3.05) is 6.61 Å². The second kappa shape index (κ2) is 7.07. The van der Waals surface area contributed by atoms with Crippen LogP contribution in [0.15, 0.2) is 4.52 Å². The normalized spacial score (nSPS) is 23.8. The van der Waals surface area contributed by atoms with Gasteiger partial charge in [0.25, 0.3) is 0 Å². The lowest BCUT2D eigenvalue weighted by molar-refractivity contribution is -0.122. The molecule has 1 saturated carbocycles. The minimum absolute atomic E-state index is 0.0925. The molecule has 21 heavy (non-hydrogen) atoms. The fraction of sp³-hybridized carbons (Fsp3) is 0.750. The number of aliphatic hydroxyl groups is 1. The summed E-state index contributed by atoms with van der Waals surface area (Å²) in [4.78, 5) is 12.2. The minimum atomic E-state index is 0.0925. The van der Waals surface area contributed by atoms with Crippen molar-refractivity contribution in [1.29, 1.82) is 0 Å². The molecule has 1 fully saturated rings. The molecule has 1 aromatic rings. The van der Waals surface area contributed by atoms with Crippen molar-refractivity contribution in [3.63, 3.8) is 0 Å². The van der Waals surface area contributed by atoms with Gasteiger partial charge in [-0.1, -0.05) is 12.1 Å². The lowest BCUT2D eigenvalue weighted by Gasteiger charge is -2.28. The Bertz CT molecular complexity index is 456. The van der Waals surface area contributed by atoms with Crippen LogP contribution in [0.2, 0.25) is 0 Å². The van der Waals surface area contributed by atoms with Gasteiger partial charge in [0.15, 0.2) is 0 Å². The van der Waals surface area contributed by atoms with Gasteiger partial charge in [0.05, 0.1) is 5.69 Å². The molecule has 1 amide bonds. The number of rotatable bonds is 5. The predicted molar refractivity (Wildman–Crippen MR) is 80.0 cm³/mol. The van der Waals surface area contributed by atoms with Gasteiger partial charge >= 0.3 is 0 Å². The number of hydrogen-bond acceptors (Lipinski definition) is 4. The van der Waals surface area contributed by atoms with Crippen LogP contribution in [-0.4, -0.2) is 28.8 Å². The zero-order chi connectivity index (χ0) is 15.4. The van der Waals surface area contributed by atoms with Gasteiger partial charge in [-0.15, -0.1) is 0 Å². The zero-order valence-electron chi connectivity index (χ0n) is 13.2. The number of aliphatic hydroxyl groups excluding tert-OH is 1. The second-order valence-electron chi connectivity index (χ2n) is 6.31. The third kappa shape index (κ3) is 4.06. The number of nitrogens with one attached hydrogen (secondary N) is 1. The van der Waals surface area contributed by atoms with Crippen LogP contribution in [0.25, 0.3) is 0 Å². The van der Waals surface area contributed by atoms with Crippen molar-refractivity contribution in [1.82, 2.24) is 10.5 Å². The summed E-state index contributed by atoms with van der Waals surface area (Å²) in [7, 11) is 0. The third-order valence-corrected chi connectivity index (χ3v) is 4.54. The molecule has 1 heterocycles. The van der Waals surface area contributed by atoms with Gasteiger partial charge in [-0.05, 0) is 51.4 Å². The van der Waals surface area contributed by atoms with Gasteiger partial charge in [0.1, 0.15) is 5.76 Å². The summed E-state index contributed by atoms with van der Waals surface area (Å²) in [5, 5.41) is 16.2. The van der Waals surface area contributed by atoms with Gasteiger partial charge in [-0.3, -0.25) is 4.79 Å². The molecule has 5 nitrogen and oxygen atoms in total. The first kappa shape index (κ1) is 16.0. The number of carbonyl (C=O) groups excluding carboxylic acids is 1. The number of carbonyl (C=O) groups is 1. The second-order valence-corrected chi connectivity index (χ2v) is 6.31. The van der Waals surface area contributed by atoms with Crippen molar-refractivity contribution in [2.24, 2.45) is 5.92 Å². The fourth-order valence-corrected chi connectivity index (χ4v) is 3.35. The van der Waals surface area contributed by atoms with Crippen molar-refractivity contribution in [2.45, 2.75) is 64.8 Å². The first-order valence-corrected chi connectivity index (χ1v) is 7.84. The van der Waals surface area contributed by atoms with E-state index in [2.05, 4.69) is 10.5 Å². The first-order chi connectivity index (χ1) is 10.0. The molecule has 0 aliphatic heterocycles. The average molecular weight is 294 g/mol. The summed E-state index contributed by atoms with van der Waals surface area (Å²) in [6.07, 6.45) is 4.40. The largest absolute Gasteiger partial charge is 0.396 e. The van der Waals surface area contributed by atoms with E-state index in [4.69, 9.17) is 9.63 Å². The SMILES string of the molecule is Cc1noc(C)c1C(C)CC(=O)NC1CCC(CO)CC1. The maximum Gasteiger partial charge on any atom is 0.220 e. The maximum absolute atomic E-state index is 12.2. The first-order valence-electron chi connectivity index (χ1n) is 7.84. The van der Waals surface area contributed by atoms with Crippen LogP contribution in [0.5, 0.6) is 0 Å². The molecule has 0 bridgehead atoms. The van der Waals surface area contributed by atoms with Gasteiger partial charge in [-0.2, -0.15) is 0 Å². The van der Waals surface area contributed by atoms with E-state index in [1.807, 2.05) is 20.8 Å². The molecule has 5 heteroatoms. The number of aromatic nitrogens is 1. The smallest absolute Gasteiger partial charge is 0.220 e. The van der Waals surface area contributed by atoms with Crippen LogP contribution in [0.4, 0.5) is 0 Å². The van der Waals surface area contributed by atoms with Crippen molar-refractivity contribution in [3.8, 4) is 0 Å². The van der Waals surface area contributed by atoms with Crippen LogP contribution < -0.4 is 5.32 Å². The topological polar surface area (TPSA) is 75.4 Å². The van der Waals surface area contributed by atoms with Crippen LogP contribution in [0, 0.1) is 19.8 Å². The molecular formula is C16H26N2O3. The Labute approximate surface area is 126 Å². The Hall–Kier alpha value is -1.36. The molecule has 1 aromatic heterocycles. The van der Waals surface area contributed by atoms with E-state index in [0.29, 0.717) is 12.3 Å². The molecule has 1 atom stereocenters. The highest BCUT2D eigenvalue weighted by Gasteiger charge is 2.24. The summed E-state index contributed by atoms with van der Waals surface area (Å²) in [5.41, 5.74) is 1.92. The maximum atomic E-state index is 12.2. The lowest BCUT2D eigenvalue weighted by Crippen LogP contribution is -2.38. The van der Waals surface area contributed by atoms with E-state index in [1.54, 1.807) is 0 Å². The van der Waals surface area contributed by atoms with E-state index in [9.17, 15) is 4.79 Å². The third-order valence-electron chi connectivity index (χ3n) is 4.54.